The van der Waals surface area contributed by atoms with Gasteiger partial charge >= 0.3 is 6.16 Å². The molecule has 0 radical (unpaired) electrons. The lowest BCUT2D eigenvalue weighted by atomic mass is 9.91. The highest BCUT2D eigenvalue weighted by atomic mass is 79.9. The van der Waals surface area contributed by atoms with E-state index in [1.165, 1.54) is 70.6 Å². The molecule has 3 nitrogen and oxygen atoms in total. The van der Waals surface area contributed by atoms with E-state index in [1.54, 1.807) is 0 Å². The van der Waals surface area contributed by atoms with Crippen molar-refractivity contribution in [1.82, 2.24) is 0 Å². The maximum Gasteiger partial charge on any atom is 0.508 e. The molecule has 0 fully saturated rings. The van der Waals surface area contributed by atoms with Gasteiger partial charge in [-0.25, -0.2) is 4.79 Å². The number of carbonyl (C=O) groups excluding carboxylic acids is 1. The number of ether oxygens (including phenoxy) is 2. The Bertz CT molecular complexity index is 274. The highest BCUT2D eigenvalue weighted by molar-refractivity contribution is 9.09. The first kappa shape index (κ1) is 24.8. The van der Waals surface area contributed by atoms with Gasteiger partial charge < -0.3 is 9.47 Å². The molecule has 0 heterocycles. The average Bonchev–Trinajstić information content (AvgIpc) is 2.61. The monoisotopic (exact) mass is 420 g/mol. The fraction of sp³-hybridized carbons (Fsp3) is 0.952. The van der Waals surface area contributed by atoms with Crippen LogP contribution < -0.4 is 0 Å². The van der Waals surface area contributed by atoms with E-state index in [-0.39, 0.29) is 0 Å². The van der Waals surface area contributed by atoms with E-state index in [0.29, 0.717) is 13.2 Å². The van der Waals surface area contributed by atoms with Gasteiger partial charge in [0.25, 0.3) is 0 Å². The standard InChI is InChI=1S/C21H41BrO3/c1-3-5-9-14-20(15-10-6-4-2)16-13-19-25-21(23)24-18-12-8-7-11-17-22/h20H,3-19H2,1-2H3. The molecule has 0 atom stereocenters. The second-order valence-electron chi connectivity index (χ2n) is 7.05. The normalized spacial score (nSPS) is 11.0. The van der Waals surface area contributed by atoms with Crippen molar-refractivity contribution in [3.05, 3.63) is 0 Å². The van der Waals surface area contributed by atoms with Gasteiger partial charge in [-0.2, -0.15) is 0 Å². The maximum atomic E-state index is 11.5. The van der Waals surface area contributed by atoms with Crippen LogP contribution in [0.2, 0.25) is 0 Å². The molecule has 0 aliphatic rings. The second kappa shape index (κ2) is 20.1. The number of rotatable bonds is 18. The third-order valence-electron chi connectivity index (χ3n) is 4.66. The van der Waals surface area contributed by atoms with Crippen LogP contribution in [-0.4, -0.2) is 24.7 Å². The van der Waals surface area contributed by atoms with Gasteiger partial charge in [-0.05, 0) is 31.6 Å². The first-order valence-electron chi connectivity index (χ1n) is 10.6. The molecule has 4 heteroatoms. The molecular weight excluding hydrogens is 380 g/mol. The molecule has 0 saturated heterocycles. The fourth-order valence-electron chi connectivity index (χ4n) is 3.07. The van der Waals surface area contributed by atoms with Gasteiger partial charge in [0.2, 0.25) is 0 Å². The molecule has 0 aromatic carbocycles. The lowest BCUT2D eigenvalue weighted by Gasteiger charge is -2.16. The van der Waals surface area contributed by atoms with Crippen molar-refractivity contribution in [2.45, 2.75) is 104 Å². The summed E-state index contributed by atoms with van der Waals surface area (Å²) in [6.07, 6.45) is 16.6. The third kappa shape index (κ3) is 18.3. The predicted octanol–water partition coefficient (Wildman–Crippen LogP) is 7.65. The Labute approximate surface area is 164 Å². The first-order valence-corrected chi connectivity index (χ1v) is 11.7. The zero-order valence-electron chi connectivity index (χ0n) is 16.7. The Morgan fingerprint density at radius 3 is 1.80 bits per heavy atom. The molecule has 0 N–H and O–H groups in total. The molecule has 0 saturated carbocycles. The van der Waals surface area contributed by atoms with Crippen molar-refractivity contribution < 1.29 is 14.3 Å². The fourth-order valence-corrected chi connectivity index (χ4v) is 3.47. The molecule has 0 spiro atoms. The summed E-state index contributed by atoms with van der Waals surface area (Å²) >= 11 is 3.42. The van der Waals surface area contributed by atoms with Gasteiger partial charge in [-0.1, -0.05) is 94.0 Å². The summed E-state index contributed by atoms with van der Waals surface area (Å²) < 4.78 is 10.3. The van der Waals surface area contributed by atoms with Crippen molar-refractivity contribution in [2.75, 3.05) is 18.5 Å². The number of hydrogen-bond acceptors (Lipinski definition) is 3. The summed E-state index contributed by atoms with van der Waals surface area (Å²) in [4.78, 5) is 11.5. The summed E-state index contributed by atoms with van der Waals surface area (Å²) in [5.74, 6) is 0.798. The van der Waals surface area contributed by atoms with E-state index >= 15 is 0 Å². The molecule has 150 valence electrons. The zero-order chi connectivity index (χ0) is 18.6. The van der Waals surface area contributed by atoms with Crippen LogP contribution in [0.15, 0.2) is 0 Å². The van der Waals surface area contributed by atoms with Crippen molar-refractivity contribution in [3.8, 4) is 0 Å². The SMILES string of the molecule is CCCCCC(CCCCC)CCCOC(=O)OCCCCCCBr. The molecule has 0 aromatic rings. The van der Waals surface area contributed by atoms with Crippen LogP contribution in [0, 0.1) is 5.92 Å². The number of carbonyl (C=O) groups is 1. The first-order chi connectivity index (χ1) is 12.2. The van der Waals surface area contributed by atoms with E-state index in [2.05, 4.69) is 29.8 Å². The Kier molecular flexibility index (Phi) is 19.9. The van der Waals surface area contributed by atoms with Gasteiger partial charge in [0, 0.05) is 5.33 Å². The van der Waals surface area contributed by atoms with Gasteiger partial charge in [-0.3, -0.25) is 0 Å². The molecule has 25 heavy (non-hydrogen) atoms. The zero-order valence-corrected chi connectivity index (χ0v) is 18.3. The van der Waals surface area contributed by atoms with Gasteiger partial charge in [0.05, 0.1) is 13.2 Å². The second-order valence-corrected chi connectivity index (χ2v) is 7.84. The van der Waals surface area contributed by atoms with Crippen LogP contribution in [0.1, 0.15) is 104 Å². The van der Waals surface area contributed by atoms with Crippen LogP contribution in [0.3, 0.4) is 0 Å². The maximum absolute atomic E-state index is 11.5. The summed E-state index contributed by atoms with van der Waals surface area (Å²) in [7, 11) is 0. The minimum atomic E-state index is -0.492. The topological polar surface area (TPSA) is 35.5 Å². The Balaban J connectivity index is 3.67. The van der Waals surface area contributed by atoms with E-state index in [9.17, 15) is 4.79 Å². The molecule has 0 aromatic heterocycles. The molecule has 0 amide bonds. The minimum Gasteiger partial charge on any atom is -0.434 e. The summed E-state index contributed by atoms with van der Waals surface area (Å²) in [6, 6.07) is 0. The number of hydrogen-bond donors (Lipinski definition) is 0. The molecular formula is C21H41BrO3. The highest BCUT2D eigenvalue weighted by Gasteiger charge is 2.10. The lowest BCUT2D eigenvalue weighted by Crippen LogP contribution is -2.11. The average molecular weight is 421 g/mol. The number of alkyl halides is 1. The third-order valence-corrected chi connectivity index (χ3v) is 5.22. The quantitative estimate of drug-likeness (QED) is 0.129. The molecule has 0 unspecified atom stereocenters. The molecule has 0 aliphatic carbocycles. The molecule has 0 aliphatic heterocycles. The van der Waals surface area contributed by atoms with E-state index in [1.807, 2.05) is 0 Å². The van der Waals surface area contributed by atoms with Gasteiger partial charge in [0.1, 0.15) is 0 Å². The van der Waals surface area contributed by atoms with Gasteiger partial charge in [-0.15, -0.1) is 0 Å². The number of unbranched alkanes of at least 4 members (excludes halogenated alkanes) is 7. The summed E-state index contributed by atoms with van der Waals surface area (Å²) in [5, 5.41) is 1.05. The molecule has 0 bridgehead atoms. The van der Waals surface area contributed by atoms with E-state index in [4.69, 9.17) is 9.47 Å². The van der Waals surface area contributed by atoms with Crippen LogP contribution >= 0.6 is 15.9 Å². The summed E-state index contributed by atoms with van der Waals surface area (Å²) in [5.41, 5.74) is 0. The lowest BCUT2D eigenvalue weighted by molar-refractivity contribution is 0.0520. The number of halogens is 1. The van der Waals surface area contributed by atoms with Crippen LogP contribution in [0.4, 0.5) is 4.79 Å². The smallest absolute Gasteiger partial charge is 0.434 e. The van der Waals surface area contributed by atoms with Crippen LogP contribution in [0.5, 0.6) is 0 Å². The van der Waals surface area contributed by atoms with Crippen molar-refractivity contribution >= 4 is 22.1 Å². The highest BCUT2D eigenvalue weighted by Crippen LogP contribution is 2.22. The van der Waals surface area contributed by atoms with E-state index < -0.39 is 6.16 Å². The molecule has 0 rings (SSSR count). The Hall–Kier alpha value is -0.250. The van der Waals surface area contributed by atoms with Crippen LogP contribution in [0.25, 0.3) is 0 Å². The van der Waals surface area contributed by atoms with E-state index in [0.717, 1.165) is 30.5 Å². The Morgan fingerprint density at radius 1 is 0.720 bits per heavy atom. The largest absolute Gasteiger partial charge is 0.508 e. The van der Waals surface area contributed by atoms with Crippen LogP contribution in [-0.2, 0) is 9.47 Å². The predicted molar refractivity (Wildman–Crippen MR) is 111 cm³/mol. The van der Waals surface area contributed by atoms with Gasteiger partial charge in [0.15, 0.2) is 0 Å². The van der Waals surface area contributed by atoms with Crippen molar-refractivity contribution in [2.24, 2.45) is 5.92 Å². The minimum absolute atomic E-state index is 0.484. The van der Waals surface area contributed by atoms with Crippen molar-refractivity contribution in [1.29, 1.82) is 0 Å². The summed E-state index contributed by atoms with van der Waals surface area (Å²) in [6.45, 7) is 5.50. The Morgan fingerprint density at radius 2 is 1.24 bits per heavy atom. The van der Waals surface area contributed by atoms with Crippen molar-refractivity contribution in [3.63, 3.8) is 0 Å².